The average molecular weight is 222 g/mol. The molecule has 0 unspecified atom stereocenters. The molecule has 0 aliphatic heterocycles. The van der Waals surface area contributed by atoms with E-state index in [-0.39, 0.29) is 29.8 Å². The lowest BCUT2D eigenvalue weighted by Gasteiger charge is -2.30. The zero-order valence-corrected chi connectivity index (χ0v) is 9.89. The van der Waals surface area contributed by atoms with Crippen LogP contribution in [0.5, 0.6) is 0 Å². The van der Waals surface area contributed by atoms with Crippen LogP contribution in [0, 0.1) is 11.3 Å². The van der Waals surface area contributed by atoms with E-state index in [0.29, 0.717) is 5.92 Å². The van der Waals surface area contributed by atoms with Gasteiger partial charge >= 0.3 is 5.97 Å². The quantitative estimate of drug-likeness (QED) is 0.723. The van der Waals surface area contributed by atoms with Gasteiger partial charge in [0.2, 0.25) is 0 Å². The zero-order chi connectivity index (χ0) is 10.1. The van der Waals surface area contributed by atoms with Crippen LogP contribution in [0.15, 0.2) is 0 Å². The molecule has 1 aliphatic carbocycles. The van der Waals surface area contributed by atoms with Gasteiger partial charge in [-0.2, -0.15) is 0 Å². The first-order chi connectivity index (χ1) is 6.03. The molecule has 3 nitrogen and oxygen atoms in total. The Balaban J connectivity index is 0.00000169. The summed E-state index contributed by atoms with van der Waals surface area (Å²) in [7, 11) is 1.45. The molecule has 1 saturated carbocycles. The molecule has 0 saturated heterocycles. The summed E-state index contributed by atoms with van der Waals surface area (Å²) in [5.74, 6) is 0.226. The number of ether oxygens (including phenoxy) is 1. The molecule has 1 rings (SSSR count). The van der Waals surface area contributed by atoms with E-state index >= 15 is 0 Å². The molecular weight excluding hydrogens is 202 g/mol. The normalized spacial score (nSPS) is 31.4. The molecule has 4 heteroatoms. The lowest BCUT2D eigenvalue weighted by atomic mass is 9.75. The summed E-state index contributed by atoms with van der Waals surface area (Å²) in [5, 5.41) is 0. The van der Waals surface area contributed by atoms with Gasteiger partial charge in [0, 0.05) is 6.04 Å². The second kappa shape index (κ2) is 4.99. The molecule has 0 aromatic heterocycles. The monoisotopic (exact) mass is 221 g/mol. The third kappa shape index (κ3) is 2.20. The van der Waals surface area contributed by atoms with E-state index in [1.807, 2.05) is 0 Å². The first-order valence-corrected chi connectivity index (χ1v) is 4.87. The van der Waals surface area contributed by atoms with Crippen molar-refractivity contribution in [2.24, 2.45) is 17.1 Å². The average Bonchev–Trinajstić information content (AvgIpc) is 2.47. The Morgan fingerprint density at radius 3 is 2.43 bits per heavy atom. The molecule has 0 aromatic rings. The van der Waals surface area contributed by atoms with E-state index in [0.717, 1.165) is 19.3 Å². The number of carbonyl (C=O) groups excluding carboxylic acids is 1. The molecule has 14 heavy (non-hydrogen) atoms. The van der Waals surface area contributed by atoms with Gasteiger partial charge in [0.25, 0.3) is 0 Å². The highest BCUT2D eigenvalue weighted by molar-refractivity contribution is 5.85. The Hall–Kier alpha value is -0.280. The lowest BCUT2D eigenvalue weighted by Crippen LogP contribution is -2.36. The van der Waals surface area contributed by atoms with E-state index in [1.165, 1.54) is 7.11 Å². The van der Waals surface area contributed by atoms with Gasteiger partial charge in [-0.05, 0) is 25.2 Å². The molecule has 0 bridgehead atoms. The van der Waals surface area contributed by atoms with Gasteiger partial charge in [-0.15, -0.1) is 12.4 Å². The third-order valence-corrected chi connectivity index (χ3v) is 3.28. The van der Waals surface area contributed by atoms with Crippen LogP contribution in [0.2, 0.25) is 0 Å². The minimum Gasteiger partial charge on any atom is -0.469 e. The van der Waals surface area contributed by atoms with Gasteiger partial charge in [-0.25, -0.2) is 0 Å². The zero-order valence-electron chi connectivity index (χ0n) is 9.08. The van der Waals surface area contributed by atoms with Crippen LogP contribution in [-0.2, 0) is 9.53 Å². The second-order valence-electron chi connectivity index (χ2n) is 4.31. The van der Waals surface area contributed by atoms with Crippen molar-refractivity contribution < 1.29 is 9.53 Å². The summed E-state index contributed by atoms with van der Waals surface area (Å²) in [6.45, 7) is 4.13. The Bertz CT molecular complexity index is 208. The summed E-state index contributed by atoms with van der Waals surface area (Å²) in [6, 6.07) is 0.168. The summed E-state index contributed by atoms with van der Waals surface area (Å²) in [6.07, 6.45) is 2.59. The van der Waals surface area contributed by atoms with Gasteiger partial charge in [-0.3, -0.25) is 4.79 Å². The fraction of sp³-hybridized carbons (Fsp3) is 0.900. The summed E-state index contributed by atoms with van der Waals surface area (Å²) in [4.78, 5) is 11.6. The van der Waals surface area contributed by atoms with Gasteiger partial charge in [0.1, 0.15) is 0 Å². The number of hydrogen-bond acceptors (Lipinski definition) is 3. The number of hydrogen-bond donors (Lipinski definition) is 1. The van der Waals surface area contributed by atoms with Crippen LogP contribution in [-0.4, -0.2) is 19.1 Å². The molecular formula is C10H20ClNO2. The van der Waals surface area contributed by atoms with Crippen molar-refractivity contribution in [1.29, 1.82) is 0 Å². The van der Waals surface area contributed by atoms with Crippen molar-refractivity contribution in [1.82, 2.24) is 0 Å². The highest BCUT2D eigenvalue weighted by atomic mass is 35.5. The molecule has 1 fully saturated rings. The third-order valence-electron chi connectivity index (χ3n) is 3.28. The SMILES string of the molecule is COC(=O)[C@@]1(C(C)C)CC[C@@H](N)C1.Cl. The van der Waals surface area contributed by atoms with Gasteiger partial charge in [0.15, 0.2) is 0 Å². The van der Waals surface area contributed by atoms with Crippen LogP contribution < -0.4 is 5.73 Å². The van der Waals surface area contributed by atoms with Crippen LogP contribution in [0.4, 0.5) is 0 Å². The molecule has 0 spiro atoms. The van der Waals surface area contributed by atoms with Gasteiger partial charge in [0.05, 0.1) is 12.5 Å². The lowest BCUT2D eigenvalue weighted by molar-refractivity contribution is -0.155. The maximum atomic E-state index is 11.6. The van der Waals surface area contributed by atoms with E-state index in [4.69, 9.17) is 10.5 Å². The molecule has 0 heterocycles. The van der Waals surface area contributed by atoms with Gasteiger partial charge in [-0.1, -0.05) is 13.8 Å². The Labute approximate surface area is 91.8 Å². The number of esters is 1. The molecule has 0 amide bonds. The van der Waals surface area contributed by atoms with E-state index in [2.05, 4.69) is 13.8 Å². The van der Waals surface area contributed by atoms with E-state index < -0.39 is 0 Å². The molecule has 1 aliphatic rings. The molecule has 0 aromatic carbocycles. The summed E-state index contributed by atoms with van der Waals surface area (Å²) < 4.78 is 4.85. The second-order valence-corrected chi connectivity index (χ2v) is 4.31. The fourth-order valence-corrected chi connectivity index (χ4v) is 2.26. The molecule has 2 N–H and O–H groups in total. The van der Waals surface area contributed by atoms with Crippen molar-refractivity contribution in [3.63, 3.8) is 0 Å². The number of halogens is 1. The molecule has 2 atom stereocenters. The van der Waals surface area contributed by atoms with Crippen molar-refractivity contribution in [2.75, 3.05) is 7.11 Å². The Morgan fingerprint density at radius 2 is 2.14 bits per heavy atom. The van der Waals surface area contributed by atoms with Crippen molar-refractivity contribution in [3.8, 4) is 0 Å². The van der Waals surface area contributed by atoms with Gasteiger partial charge < -0.3 is 10.5 Å². The smallest absolute Gasteiger partial charge is 0.312 e. The Kier molecular flexibility index (Phi) is 4.89. The number of rotatable bonds is 2. The number of nitrogens with two attached hydrogens (primary N) is 1. The summed E-state index contributed by atoms with van der Waals surface area (Å²) in [5.41, 5.74) is 5.52. The first kappa shape index (κ1) is 13.7. The summed E-state index contributed by atoms with van der Waals surface area (Å²) >= 11 is 0. The van der Waals surface area contributed by atoms with E-state index in [1.54, 1.807) is 0 Å². The van der Waals surface area contributed by atoms with Crippen LogP contribution in [0.25, 0.3) is 0 Å². The predicted molar refractivity (Wildman–Crippen MR) is 58.4 cm³/mol. The largest absolute Gasteiger partial charge is 0.469 e. The van der Waals surface area contributed by atoms with Crippen LogP contribution in [0.3, 0.4) is 0 Å². The topological polar surface area (TPSA) is 52.3 Å². The minimum absolute atomic E-state index is 0. The van der Waals surface area contributed by atoms with Crippen LogP contribution >= 0.6 is 12.4 Å². The number of methoxy groups -OCH3 is 1. The van der Waals surface area contributed by atoms with Crippen molar-refractivity contribution >= 4 is 18.4 Å². The van der Waals surface area contributed by atoms with E-state index in [9.17, 15) is 4.79 Å². The Morgan fingerprint density at radius 1 is 1.57 bits per heavy atom. The highest BCUT2D eigenvalue weighted by Crippen LogP contribution is 2.44. The van der Waals surface area contributed by atoms with Crippen molar-refractivity contribution in [2.45, 2.75) is 39.2 Å². The minimum atomic E-state index is -0.311. The standard InChI is InChI=1S/C10H19NO2.ClH/c1-7(2)10(9(12)13-3)5-4-8(11)6-10;/h7-8H,4-6,11H2,1-3H3;1H/t8-,10+;/m1./s1. The fourth-order valence-electron chi connectivity index (χ4n) is 2.26. The molecule has 84 valence electrons. The maximum Gasteiger partial charge on any atom is 0.312 e. The number of carbonyl (C=O) groups is 1. The predicted octanol–water partition coefficient (Wildman–Crippen LogP) is 1.73. The first-order valence-electron chi connectivity index (χ1n) is 4.87. The molecule has 0 radical (unpaired) electrons. The maximum absolute atomic E-state index is 11.6. The van der Waals surface area contributed by atoms with Crippen LogP contribution in [0.1, 0.15) is 33.1 Å². The van der Waals surface area contributed by atoms with Crippen molar-refractivity contribution in [3.05, 3.63) is 0 Å². The highest BCUT2D eigenvalue weighted by Gasteiger charge is 2.47.